The molecule has 0 aliphatic carbocycles. The van der Waals surface area contributed by atoms with Crippen LogP contribution in [0.15, 0.2) is 0 Å². The Morgan fingerprint density at radius 2 is 2.10 bits per heavy atom. The first-order chi connectivity index (χ1) is 9.61. The quantitative estimate of drug-likeness (QED) is 0.843. The van der Waals surface area contributed by atoms with Crippen LogP contribution in [-0.2, 0) is 11.3 Å². The summed E-state index contributed by atoms with van der Waals surface area (Å²) in [6.07, 6.45) is 1.63. The van der Waals surface area contributed by atoms with Gasteiger partial charge in [-0.1, -0.05) is 0 Å². The van der Waals surface area contributed by atoms with Crippen molar-refractivity contribution in [2.75, 3.05) is 24.5 Å². The Morgan fingerprint density at radius 1 is 1.30 bits per heavy atom. The zero-order valence-corrected chi connectivity index (χ0v) is 12.1. The van der Waals surface area contributed by atoms with E-state index in [0.717, 1.165) is 48.7 Å². The first kappa shape index (κ1) is 13.3. The normalized spacial score (nSPS) is 22.4. The molecule has 1 atom stereocenters. The Labute approximate surface area is 118 Å². The van der Waals surface area contributed by atoms with E-state index in [0.29, 0.717) is 24.9 Å². The van der Waals surface area contributed by atoms with Gasteiger partial charge < -0.3 is 15.5 Å². The van der Waals surface area contributed by atoms with Gasteiger partial charge in [-0.05, 0) is 25.8 Å². The van der Waals surface area contributed by atoms with E-state index in [1.54, 1.807) is 0 Å². The molecule has 6 heteroatoms. The molecule has 2 aliphatic heterocycles. The van der Waals surface area contributed by atoms with E-state index in [9.17, 15) is 4.79 Å². The van der Waals surface area contributed by atoms with Crippen molar-refractivity contribution in [1.29, 1.82) is 0 Å². The summed E-state index contributed by atoms with van der Waals surface area (Å²) in [6.45, 7) is 6.91. The Kier molecular flexibility index (Phi) is 3.33. The van der Waals surface area contributed by atoms with Gasteiger partial charge in [-0.3, -0.25) is 4.79 Å². The van der Waals surface area contributed by atoms with E-state index in [1.807, 2.05) is 18.7 Å². The minimum absolute atomic E-state index is 0.292. The number of aromatic nitrogens is 2. The van der Waals surface area contributed by atoms with Crippen LogP contribution in [0.2, 0.25) is 0 Å². The lowest BCUT2D eigenvalue weighted by Crippen LogP contribution is -2.52. The fourth-order valence-electron chi connectivity index (χ4n) is 3.20. The second kappa shape index (κ2) is 5.01. The number of carbonyl (C=O) groups is 1. The monoisotopic (exact) mass is 275 g/mol. The number of carbonyl (C=O) groups excluding carboxylic acids is 1. The lowest BCUT2D eigenvalue weighted by molar-refractivity contribution is -0.129. The van der Waals surface area contributed by atoms with Crippen molar-refractivity contribution in [1.82, 2.24) is 15.1 Å². The zero-order chi connectivity index (χ0) is 14.3. The first-order valence-electron chi connectivity index (χ1n) is 7.19. The van der Waals surface area contributed by atoms with Crippen molar-refractivity contribution in [3.63, 3.8) is 0 Å². The molecule has 0 radical (unpaired) electrons. The molecule has 2 aliphatic rings. The third-order valence-corrected chi connectivity index (χ3v) is 4.56. The predicted octanol–water partition coefficient (Wildman–Crippen LogP) is 0.363. The number of nitrogens with two attached hydrogens (primary N) is 1. The van der Waals surface area contributed by atoms with Gasteiger partial charge in [0.1, 0.15) is 0 Å². The third-order valence-electron chi connectivity index (χ3n) is 4.56. The molecule has 0 aromatic carbocycles. The second-order valence-corrected chi connectivity index (χ2v) is 5.64. The molecule has 0 bridgehead atoms. The highest BCUT2D eigenvalue weighted by molar-refractivity contribution is 5.79. The highest BCUT2D eigenvalue weighted by Gasteiger charge is 2.36. The topological polar surface area (TPSA) is 75.4 Å². The van der Waals surface area contributed by atoms with Gasteiger partial charge in [0, 0.05) is 44.2 Å². The van der Waals surface area contributed by atoms with Crippen molar-refractivity contribution in [3.05, 3.63) is 16.8 Å². The molecule has 0 saturated carbocycles. The van der Waals surface area contributed by atoms with Gasteiger partial charge in [-0.2, -0.15) is 5.10 Å². The minimum Gasteiger partial charge on any atom is -0.351 e. The Balaban J connectivity index is 1.87. The number of hydrogen-bond acceptors (Lipinski definition) is 5. The summed E-state index contributed by atoms with van der Waals surface area (Å²) >= 11 is 0. The van der Waals surface area contributed by atoms with Crippen molar-refractivity contribution >= 4 is 11.7 Å². The zero-order valence-electron chi connectivity index (χ0n) is 12.1. The van der Waals surface area contributed by atoms with Crippen LogP contribution < -0.4 is 10.6 Å². The average molecular weight is 275 g/mol. The Hall–Kier alpha value is -1.69. The molecule has 3 heterocycles. The van der Waals surface area contributed by atoms with E-state index in [4.69, 9.17) is 5.73 Å². The summed E-state index contributed by atoms with van der Waals surface area (Å²) in [7, 11) is 0. The predicted molar refractivity (Wildman–Crippen MR) is 76.3 cm³/mol. The van der Waals surface area contributed by atoms with Crippen LogP contribution in [0.3, 0.4) is 0 Å². The molecular formula is C14H21N5O. The van der Waals surface area contributed by atoms with E-state index in [-0.39, 0.29) is 0 Å². The lowest BCUT2D eigenvalue weighted by atomic mass is 10.1. The fraction of sp³-hybridized carbons (Fsp3) is 0.643. The number of hydrogen-bond donors (Lipinski definition) is 1. The van der Waals surface area contributed by atoms with Crippen LogP contribution in [-0.4, -0.2) is 46.7 Å². The van der Waals surface area contributed by atoms with Gasteiger partial charge in [0.05, 0.1) is 5.69 Å². The van der Waals surface area contributed by atoms with Gasteiger partial charge in [0.15, 0.2) is 5.82 Å². The van der Waals surface area contributed by atoms with E-state index < -0.39 is 0 Å². The number of anilines is 1. The first-order valence-corrected chi connectivity index (χ1v) is 7.19. The third kappa shape index (κ3) is 2.04. The van der Waals surface area contributed by atoms with E-state index in [2.05, 4.69) is 15.1 Å². The molecule has 2 N–H and O–H groups in total. The van der Waals surface area contributed by atoms with Crippen molar-refractivity contribution in [2.24, 2.45) is 5.73 Å². The maximum absolute atomic E-state index is 11.7. The molecule has 2 saturated heterocycles. The molecule has 6 nitrogen and oxygen atoms in total. The highest BCUT2D eigenvalue weighted by atomic mass is 16.2. The summed E-state index contributed by atoms with van der Waals surface area (Å²) in [5.74, 6) is 1.19. The van der Waals surface area contributed by atoms with E-state index in [1.165, 1.54) is 0 Å². The van der Waals surface area contributed by atoms with Crippen LogP contribution >= 0.6 is 0 Å². The maximum atomic E-state index is 11.7. The summed E-state index contributed by atoms with van der Waals surface area (Å²) in [5.41, 5.74) is 9.04. The lowest BCUT2D eigenvalue weighted by Gasteiger charge is -2.38. The molecule has 0 spiro atoms. The van der Waals surface area contributed by atoms with Crippen LogP contribution in [0.25, 0.3) is 0 Å². The number of piperazine rings is 1. The van der Waals surface area contributed by atoms with Crippen molar-refractivity contribution in [3.8, 4) is 0 Å². The molecule has 2 fully saturated rings. The Morgan fingerprint density at radius 3 is 2.85 bits per heavy atom. The molecule has 20 heavy (non-hydrogen) atoms. The van der Waals surface area contributed by atoms with Gasteiger partial charge in [0.25, 0.3) is 0 Å². The highest BCUT2D eigenvalue weighted by Crippen LogP contribution is 2.28. The maximum Gasteiger partial charge on any atom is 0.223 e. The number of rotatable bonds is 2. The fourth-order valence-corrected chi connectivity index (χ4v) is 3.20. The average Bonchev–Trinajstić information content (AvgIpc) is 2.82. The smallest absolute Gasteiger partial charge is 0.223 e. The van der Waals surface area contributed by atoms with Crippen LogP contribution in [0.1, 0.15) is 29.7 Å². The molecule has 3 rings (SSSR count). The summed E-state index contributed by atoms with van der Waals surface area (Å²) < 4.78 is 0. The number of nitrogens with zero attached hydrogens (tertiary/aromatic N) is 4. The summed E-state index contributed by atoms with van der Waals surface area (Å²) in [5, 5.41) is 8.59. The van der Waals surface area contributed by atoms with Crippen LogP contribution in [0.5, 0.6) is 0 Å². The number of fused-ring (bicyclic) bond motifs is 1. The number of amides is 1. The largest absolute Gasteiger partial charge is 0.351 e. The molecule has 1 aromatic rings. The molecular weight excluding hydrogens is 254 g/mol. The molecule has 1 aromatic heterocycles. The van der Waals surface area contributed by atoms with Gasteiger partial charge in [-0.15, -0.1) is 5.10 Å². The van der Waals surface area contributed by atoms with Gasteiger partial charge in [-0.25, -0.2) is 0 Å². The van der Waals surface area contributed by atoms with Crippen molar-refractivity contribution in [2.45, 2.75) is 39.3 Å². The summed E-state index contributed by atoms with van der Waals surface area (Å²) in [6, 6.07) is 0.324. The minimum atomic E-state index is 0.292. The van der Waals surface area contributed by atoms with E-state index >= 15 is 0 Å². The summed E-state index contributed by atoms with van der Waals surface area (Å²) in [4.78, 5) is 16.0. The van der Waals surface area contributed by atoms with Gasteiger partial charge >= 0.3 is 0 Å². The molecule has 1 unspecified atom stereocenters. The van der Waals surface area contributed by atoms with Crippen LogP contribution in [0, 0.1) is 13.8 Å². The SMILES string of the molecule is Cc1nnc(N2CCN3C(=O)CCC3C2)c(CN)c1C. The molecule has 1 amide bonds. The van der Waals surface area contributed by atoms with Crippen molar-refractivity contribution < 1.29 is 4.79 Å². The van der Waals surface area contributed by atoms with Crippen LogP contribution in [0.4, 0.5) is 5.82 Å². The molecule has 108 valence electrons. The Bertz CT molecular complexity index is 545. The standard InChI is InChI=1S/C14H21N5O/c1-9-10(2)16-17-14(12(9)7-15)18-5-6-19-11(8-18)3-4-13(19)20/h11H,3-8,15H2,1-2H3. The second-order valence-electron chi connectivity index (χ2n) is 5.64. The van der Waals surface area contributed by atoms with Gasteiger partial charge in [0.2, 0.25) is 5.91 Å². The number of aryl methyl sites for hydroxylation is 1.